The van der Waals surface area contributed by atoms with Crippen molar-refractivity contribution in [1.29, 1.82) is 5.26 Å². The van der Waals surface area contributed by atoms with Crippen molar-refractivity contribution in [3.8, 4) is 6.07 Å². The van der Waals surface area contributed by atoms with E-state index in [0.29, 0.717) is 10.6 Å². The lowest BCUT2D eigenvalue weighted by Crippen LogP contribution is -2.42. The molecule has 1 aliphatic rings. The molecule has 3 nitrogen and oxygen atoms in total. The zero-order chi connectivity index (χ0) is 11.8. The maximum absolute atomic E-state index is 8.89. The summed E-state index contributed by atoms with van der Waals surface area (Å²) in [7, 11) is 0. The van der Waals surface area contributed by atoms with Crippen molar-refractivity contribution >= 4 is 33.8 Å². The molecular formula is C11H15N3S2. The molecule has 0 aromatic carbocycles. The lowest BCUT2D eigenvalue weighted by molar-refractivity contribution is 0.651. The topological polar surface area (TPSA) is 53.0 Å². The van der Waals surface area contributed by atoms with E-state index in [-0.39, 0.29) is 4.75 Å². The molecule has 2 N–H and O–H groups in total. The normalized spacial score (nSPS) is 19.4. The standard InChI is InChI=1S/C11H15N3S2/c1-11(2)7-14(3-4-15-11)10-5-8(13)9(6-12)16-10/h5H,3-4,7,13H2,1-2H3. The lowest BCUT2D eigenvalue weighted by atomic mass is 10.2. The summed E-state index contributed by atoms with van der Waals surface area (Å²) in [5, 5.41) is 10.0. The molecule has 2 heterocycles. The van der Waals surface area contributed by atoms with Crippen LogP contribution in [0.25, 0.3) is 0 Å². The minimum atomic E-state index is 0.282. The first-order valence-electron chi connectivity index (χ1n) is 5.20. The van der Waals surface area contributed by atoms with Gasteiger partial charge in [-0.3, -0.25) is 0 Å². The Bertz CT molecular complexity index is 431. The van der Waals surface area contributed by atoms with Crippen molar-refractivity contribution in [1.82, 2.24) is 0 Å². The van der Waals surface area contributed by atoms with Crippen LogP contribution < -0.4 is 10.6 Å². The van der Waals surface area contributed by atoms with Gasteiger partial charge in [-0.1, -0.05) is 0 Å². The van der Waals surface area contributed by atoms with Crippen molar-refractivity contribution in [2.75, 3.05) is 29.5 Å². The molecule has 0 spiro atoms. The molecule has 0 atom stereocenters. The second-order valence-electron chi connectivity index (χ2n) is 4.51. The van der Waals surface area contributed by atoms with Crippen molar-refractivity contribution in [2.45, 2.75) is 18.6 Å². The number of nitrogen functional groups attached to an aromatic ring is 1. The van der Waals surface area contributed by atoms with Gasteiger partial charge in [0.2, 0.25) is 0 Å². The molecule has 1 aromatic heterocycles. The minimum Gasteiger partial charge on any atom is -0.397 e. The largest absolute Gasteiger partial charge is 0.397 e. The van der Waals surface area contributed by atoms with Crippen LogP contribution in [0.2, 0.25) is 0 Å². The van der Waals surface area contributed by atoms with E-state index in [1.165, 1.54) is 11.3 Å². The predicted molar refractivity (Wildman–Crippen MR) is 72.2 cm³/mol. The molecule has 16 heavy (non-hydrogen) atoms. The number of hydrogen-bond donors (Lipinski definition) is 1. The van der Waals surface area contributed by atoms with E-state index in [9.17, 15) is 0 Å². The van der Waals surface area contributed by atoms with Crippen LogP contribution in [0, 0.1) is 11.3 Å². The van der Waals surface area contributed by atoms with E-state index >= 15 is 0 Å². The van der Waals surface area contributed by atoms with Crippen LogP contribution in [-0.2, 0) is 0 Å². The molecule has 86 valence electrons. The summed E-state index contributed by atoms with van der Waals surface area (Å²) < 4.78 is 0.282. The van der Waals surface area contributed by atoms with Gasteiger partial charge in [0.15, 0.2) is 0 Å². The van der Waals surface area contributed by atoms with Crippen LogP contribution >= 0.6 is 23.1 Å². The summed E-state index contributed by atoms with van der Waals surface area (Å²) in [6, 6.07) is 4.06. The van der Waals surface area contributed by atoms with Crippen LogP contribution in [-0.4, -0.2) is 23.6 Å². The van der Waals surface area contributed by atoms with Crippen LogP contribution in [0.4, 0.5) is 10.7 Å². The third-order valence-electron chi connectivity index (χ3n) is 2.59. The highest BCUT2D eigenvalue weighted by molar-refractivity contribution is 8.00. The number of nitrogens with two attached hydrogens (primary N) is 1. The van der Waals surface area contributed by atoms with E-state index in [2.05, 4.69) is 24.8 Å². The highest BCUT2D eigenvalue weighted by atomic mass is 32.2. The highest BCUT2D eigenvalue weighted by Gasteiger charge is 2.28. The van der Waals surface area contributed by atoms with E-state index in [1.807, 2.05) is 17.8 Å². The van der Waals surface area contributed by atoms with Crippen LogP contribution in [0.5, 0.6) is 0 Å². The first kappa shape index (κ1) is 11.6. The molecule has 1 fully saturated rings. The zero-order valence-electron chi connectivity index (χ0n) is 9.49. The minimum absolute atomic E-state index is 0.282. The van der Waals surface area contributed by atoms with Crippen molar-refractivity contribution in [3.05, 3.63) is 10.9 Å². The first-order valence-corrected chi connectivity index (χ1v) is 7.00. The van der Waals surface area contributed by atoms with Gasteiger partial charge >= 0.3 is 0 Å². The van der Waals surface area contributed by atoms with Gasteiger partial charge in [-0.15, -0.1) is 11.3 Å². The van der Waals surface area contributed by atoms with E-state index < -0.39 is 0 Å². The van der Waals surface area contributed by atoms with Crippen molar-refractivity contribution < 1.29 is 0 Å². The molecule has 0 bridgehead atoms. The molecule has 0 saturated carbocycles. The number of nitriles is 1. The van der Waals surface area contributed by atoms with Gasteiger partial charge in [0.05, 0.1) is 10.7 Å². The Balaban J connectivity index is 2.21. The van der Waals surface area contributed by atoms with Gasteiger partial charge in [-0.05, 0) is 19.9 Å². The fraction of sp³-hybridized carbons (Fsp3) is 0.545. The van der Waals surface area contributed by atoms with E-state index in [0.717, 1.165) is 23.8 Å². The van der Waals surface area contributed by atoms with Gasteiger partial charge in [-0.2, -0.15) is 17.0 Å². The molecule has 0 unspecified atom stereocenters. The van der Waals surface area contributed by atoms with Crippen LogP contribution in [0.15, 0.2) is 6.07 Å². The number of hydrogen-bond acceptors (Lipinski definition) is 5. The molecular weight excluding hydrogens is 238 g/mol. The molecule has 5 heteroatoms. The summed E-state index contributed by atoms with van der Waals surface area (Å²) in [5.74, 6) is 1.13. The second-order valence-corrected chi connectivity index (χ2v) is 7.34. The Labute approximate surface area is 104 Å². The molecule has 1 aliphatic heterocycles. The van der Waals surface area contributed by atoms with Gasteiger partial charge < -0.3 is 10.6 Å². The van der Waals surface area contributed by atoms with Crippen molar-refractivity contribution in [3.63, 3.8) is 0 Å². The average Bonchev–Trinajstić information content (AvgIpc) is 2.58. The molecule has 0 aliphatic carbocycles. The fourth-order valence-corrected chi connectivity index (χ4v) is 3.85. The molecule has 0 radical (unpaired) electrons. The number of nitrogens with zero attached hydrogens (tertiary/aromatic N) is 2. The Kier molecular flexibility index (Phi) is 3.04. The smallest absolute Gasteiger partial charge is 0.129 e. The monoisotopic (exact) mass is 253 g/mol. The summed E-state index contributed by atoms with van der Waals surface area (Å²) in [6.45, 7) is 6.57. The highest BCUT2D eigenvalue weighted by Crippen LogP contribution is 2.37. The maximum atomic E-state index is 8.89. The molecule has 1 aromatic rings. The van der Waals surface area contributed by atoms with Gasteiger partial charge in [0, 0.05) is 23.6 Å². The summed E-state index contributed by atoms with van der Waals surface area (Å²) in [6.07, 6.45) is 0. The molecule has 2 rings (SSSR count). The van der Waals surface area contributed by atoms with Crippen LogP contribution in [0.1, 0.15) is 18.7 Å². The maximum Gasteiger partial charge on any atom is 0.129 e. The first-order chi connectivity index (χ1) is 7.52. The third kappa shape index (κ3) is 2.28. The van der Waals surface area contributed by atoms with Gasteiger partial charge in [-0.25, -0.2) is 0 Å². The number of thiophene rings is 1. The van der Waals surface area contributed by atoms with E-state index in [4.69, 9.17) is 11.0 Å². The molecule has 0 amide bonds. The predicted octanol–water partition coefficient (Wildman–Crippen LogP) is 2.53. The fourth-order valence-electron chi connectivity index (χ4n) is 1.84. The second kappa shape index (κ2) is 4.19. The number of thioether (sulfide) groups is 1. The summed E-state index contributed by atoms with van der Waals surface area (Å²) in [4.78, 5) is 2.96. The van der Waals surface area contributed by atoms with Gasteiger partial charge in [0.1, 0.15) is 10.9 Å². The zero-order valence-corrected chi connectivity index (χ0v) is 11.1. The Morgan fingerprint density at radius 1 is 1.56 bits per heavy atom. The lowest BCUT2D eigenvalue weighted by Gasteiger charge is -2.38. The third-order valence-corrected chi connectivity index (χ3v) is 5.00. The van der Waals surface area contributed by atoms with E-state index in [1.54, 1.807) is 0 Å². The Morgan fingerprint density at radius 3 is 2.88 bits per heavy atom. The van der Waals surface area contributed by atoms with Crippen molar-refractivity contribution in [2.24, 2.45) is 0 Å². The quantitative estimate of drug-likeness (QED) is 0.835. The Hall–Kier alpha value is -0.860. The number of rotatable bonds is 1. The Morgan fingerprint density at radius 2 is 2.31 bits per heavy atom. The molecule has 1 saturated heterocycles. The van der Waals surface area contributed by atoms with Gasteiger partial charge in [0.25, 0.3) is 0 Å². The van der Waals surface area contributed by atoms with Crippen LogP contribution in [0.3, 0.4) is 0 Å². The summed E-state index contributed by atoms with van der Waals surface area (Å²) in [5.41, 5.74) is 6.39. The SMILES string of the molecule is CC1(C)CN(c2cc(N)c(C#N)s2)CCS1. The average molecular weight is 253 g/mol. The summed E-state index contributed by atoms with van der Waals surface area (Å²) >= 11 is 3.50. The number of anilines is 2.